The molecule has 0 unspecified atom stereocenters. The Morgan fingerprint density at radius 3 is 2.57 bits per heavy atom. The highest BCUT2D eigenvalue weighted by Crippen LogP contribution is 2.28. The fraction of sp³-hybridized carbons (Fsp3) is 0.417. The molecule has 0 saturated heterocycles. The average molecular weight is 194 g/mol. The second kappa shape index (κ2) is 4.36. The van der Waals surface area contributed by atoms with Gasteiger partial charge in [-0.05, 0) is 31.4 Å². The average Bonchev–Trinajstić information content (AvgIpc) is 2.14. The number of halogens is 1. The van der Waals surface area contributed by atoms with Crippen LogP contribution in [-0.2, 0) is 16.9 Å². The van der Waals surface area contributed by atoms with Crippen LogP contribution in [0.2, 0.25) is 0 Å². The molecule has 0 radical (unpaired) electrons. The fourth-order valence-corrected chi connectivity index (χ4v) is 1.53. The van der Waals surface area contributed by atoms with Crippen molar-refractivity contribution in [3.8, 4) is 0 Å². The zero-order valence-electron chi connectivity index (χ0n) is 8.59. The molecule has 1 aromatic rings. The van der Waals surface area contributed by atoms with Crippen molar-refractivity contribution in [3.05, 3.63) is 35.4 Å². The first kappa shape index (κ1) is 10.9. The zero-order chi connectivity index (χ0) is 10.6. The first-order valence-corrected chi connectivity index (χ1v) is 4.76. The van der Waals surface area contributed by atoms with E-state index in [0.717, 1.165) is 11.8 Å². The van der Waals surface area contributed by atoms with E-state index >= 15 is 0 Å². The third-order valence-corrected chi connectivity index (χ3v) is 2.19. The van der Waals surface area contributed by atoms with Crippen LogP contribution in [0.1, 0.15) is 31.4 Å². The summed E-state index contributed by atoms with van der Waals surface area (Å²) in [6.45, 7) is 3.07. The summed E-state index contributed by atoms with van der Waals surface area (Å²) < 4.78 is 13.7. The van der Waals surface area contributed by atoms with E-state index < -0.39 is 5.67 Å². The molecule has 0 spiro atoms. The third kappa shape index (κ3) is 2.66. The van der Waals surface area contributed by atoms with Gasteiger partial charge in [0.1, 0.15) is 12.0 Å². The topological polar surface area (TPSA) is 17.1 Å². The lowest BCUT2D eigenvalue weighted by atomic mass is 9.92. The molecule has 0 saturated carbocycles. The molecule has 0 aliphatic heterocycles. The minimum atomic E-state index is -1.33. The number of hydrogen-bond donors (Lipinski definition) is 0. The van der Waals surface area contributed by atoms with Crippen LogP contribution in [-0.4, -0.2) is 6.29 Å². The summed E-state index contributed by atoms with van der Waals surface area (Å²) >= 11 is 0. The monoisotopic (exact) mass is 194 g/mol. The molecule has 0 heterocycles. The number of benzene rings is 1. The van der Waals surface area contributed by atoms with Crippen LogP contribution in [0.15, 0.2) is 24.3 Å². The molecule has 1 rings (SSSR count). The summed E-state index contributed by atoms with van der Waals surface area (Å²) in [6, 6.07) is 7.34. The van der Waals surface area contributed by atoms with Gasteiger partial charge < -0.3 is 4.79 Å². The van der Waals surface area contributed by atoms with Gasteiger partial charge in [-0.15, -0.1) is 0 Å². The second-order valence-electron chi connectivity index (χ2n) is 3.83. The molecule has 0 N–H and O–H groups in total. The summed E-state index contributed by atoms with van der Waals surface area (Å²) in [5.74, 6) is 0. The highest BCUT2D eigenvalue weighted by molar-refractivity contribution is 5.50. The summed E-state index contributed by atoms with van der Waals surface area (Å²) in [7, 11) is 0. The SMILES string of the molecule is CC(C)(F)c1ccccc1CCC=O. The van der Waals surface area contributed by atoms with Crippen molar-refractivity contribution in [2.75, 3.05) is 0 Å². The highest BCUT2D eigenvalue weighted by atomic mass is 19.1. The van der Waals surface area contributed by atoms with Gasteiger partial charge in [-0.1, -0.05) is 24.3 Å². The smallest absolute Gasteiger partial charge is 0.130 e. The largest absolute Gasteiger partial charge is 0.303 e. The maximum Gasteiger partial charge on any atom is 0.130 e. The Labute approximate surface area is 83.9 Å². The fourth-order valence-electron chi connectivity index (χ4n) is 1.53. The first-order chi connectivity index (χ1) is 6.55. The molecule has 0 bridgehead atoms. The van der Waals surface area contributed by atoms with Gasteiger partial charge in [0.15, 0.2) is 0 Å². The van der Waals surface area contributed by atoms with E-state index in [-0.39, 0.29) is 0 Å². The van der Waals surface area contributed by atoms with E-state index in [1.807, 2.05) is 18.2 Å². The van der Waals surface area contributed by atoms with Crippen molar-refractivity contribution in [2.24, 2.45) is 0 Å². The molecule has 14 heavy (non-hydrogen) atoms. The van der Waals surface area contributed by atoms with Gasteiger partial charge >= 0.3 is 0 Å². The molecule has 1 nitrogen and oxygen atoms in total. The molecule has 1 aromatic carbocycles. The normalized spacial score (nSPS) is 11.4. The Hall–Kier alpha value is -1.18. The van der Waals surface area contributed by atoms with Crippen molar-refractivity contribution in [3.63, 3.8) is 0 Å². The minimum Gasteiger partial charge on any atom is -0.303 e. The highest BCUT2D eigenvalue weighted by Gasteiger charge is 2.21. The van der Waals surface area contributed by atoms with Gasteiger partial charge in [-0.2, -0.15) is 0 Å². The third-order valence-electron chi connectivity index (χ3n) is 2.19. The molecule has 0 aliphatic rings. The van der Waals surface area contributed by atoms with Crippen LogP contribution >= 0.6 is 0 Å². The number of rotatable bonds is 4. The lowest BCUT2D eigenvalue weighted by molar-refractivity contribution is -0.107. The Balaban J connectivity index is 2.97. The molecular weight excluding hydrogens is 179 g/mol. The Morgan fingerprint density at radius 1 is 1.36 bits per heavy atom. The van der Waals surface area contributed by atoms with Gasteiger partial charge in [0, 0.05) is 6.42 Å². The number of carbonyl (C=O) groups is 1. The van der Waals surface area contributed by atoms with E-state index in [1.165, 1.54) is 13.8 Å². The Morgan fingerprint density at radius 2 is 2.00 bits per heavy atom. The number of aldehydes is 1. The second-order valence-corrected chi connectivity index (χ2v) is 3.83. The Kier molecular flexibility index (Phi) is 3.39. The summed E-state index contributed by atoms with van der Waals surface area (Å²) in [5.41, 5.74) is 0.272. The van der Waals surface area contributed by atoms with Gasteiger partial charge in [-0.25, -0.2) is 4.39 Å². The number of hydrogen-bond acceptors (Lipinski definition) is 1. The van der Waals surface area contributed by atoms with Crippen LogP contribution in [0.25, 0.3) is 0 Å². The van der Waals surface area contributed by atoms with Crippen molar-refractivity contribution in [1.29, 1.82) is 0 Å². The molecule has 2 heteroatoms. The number of alkyl halides is 1. The molecule has 0 aliphatic carbocycles. The molecule has 0 fully saturated rings. The predicted molar refractivity (Wildman–Crippen MR) is 55.0 cm³/mol. The summed E-state index contributed by atoms with van der Waals surface area (Å²) in [4.78, 5) is 10.2. The number of carbonyl (C=O) groups excluding carboxylic acids is 1. The van der Waals surface area contributed by atoms with E-state index in [0.29, 0.717) is 18.4 Å². The summed E-state index contributed by atoms with van der Waals surface area (Å²) in [6.07, 6.45) is 1.93. The molecule has 0 amide bonds. The maximum absolute atomic E-state index is 13.7. The standard InChI is InChI=1S/C12H15FO/c1-12(2,13)11-8-4-3-6-10(11)7-5-9-14/h3-4,6,8-9H,5,7H2,1-2H3. The van der Waals surface area contributed by atoms with Crippen LogP contribution in [0.3, 0.4) is 0 Å². The maximum atomic E-state index is 13.7. The van der Waals surface area contributed by atoms with Crippen molar-refractivity contribution < 1.29 is 9.18 Å². The van der Waals surface area contributed by atoms with Crippen LogP contribution < -0.4 is 0 Å². The number of aryl methyl sites for hydroxylation is 1. The molecular formula is C12H15FO. The lowest BCUT2D eigenvalue weighted by Gasteiger charge is -2.18. The van der Waals surface area contributed by atoms with E-state index in [1.54, 1.807) is 6.07 Å². The Bertz CT molecular complexity index is 312. The molecule has 76 valence electrons. The van der Waals surface area contributed by atoms with Gasteiger partial charge in [-0.3, -0.25) is 0 Å². The minimum absolute atomic E-state index is 0.451. The molecule has 0 atom stereocenters. The van der Waals surface area contributed by atoms with Gasteiger partial charge in [0.05, 0.1) is 0 Å². The van der Waals surface area contributed by atoms with Crippen molar-refractivity contribution in [2.45, 2.75) is 32.4 Å². The summed E-state index contributed by atoms with van der Waals surface area (Å²) in [5, 5.41) is 0. The molecule has 0 aromatic heterocycles. The lowest BCUT2D eigenvalue weighted by Crippen LogP contribution is -2.12. The van der Waals surface area contributed by atoms with Crippen LogP contribution in [0.4, 0.5) is 4.39 Å². The van der Waals surface area contributed by atoms with Crippen molar-refractivity contribution >= 4 is 6.29 Å². The first-order valence-electron chi connectivity index (χ1n) is 4.76. The quantitative estimate of drug-likeness (QED) is 0.673. The van der Waals surface area contributed by atoms with Gasteiger partial charge in [0.25, 0.3) is 0 Å². The predicted octanol–water partition coefficient (Wildman–Crippen LogP) is 3.02. The van der Waals surface area contributed by atoms with E-state index in [9.17, 15) is 9.18 Å². The van der Waals surface area contributed by atoms with E-state index in [2.05, 4.69) is 0 Å². The van der Waals surface area contributed by atoms with Gasteiger partial charge in [0.2, 0.25) is 0 Å². The van der Waals surface area contributed by atoms with Crippen LogP contribution in [0.5, 0.6) is 0 Å². The van der Waals surface area contributed by atoms with Crippen molar-refractivity contribution in [1.82, 2.24) is 0 Å². The zero-order valence-corrected chi connectivity index (χ0v) is 8.59. The van der Waals surface area contributed by atoms with Crippen LogP contribution in [0, 0.1) is 0 Å². The van der Waals surface area contributed by atoms with E-state index in [4.69, 9.17) is 0 Å².